The Labute approximate surface area is 109 Å². The fourth-order valence-corrected chi connectivity index (χ4v) is 3.25. The number of ether oxygens (including phenoxy) is 1. The van der Waals surface area contributed by atoms with E-state index in [4.69, 9.17) is 4.74 Å². The molecule has 0 fully saturated rings. The summed E-state index contributed by atoms with van der Waals surface area (Å²) >= 11 is 0. The second-order valence-corrected chi connectivity index (χ2v) is 7.09. The van der Waals surface area contributed by atoms with Crippen molar-refractivity contribution < 1.29 is 13.2 Å². The highest BCUT2D eigenvalue weighted by atomic mass is 32.2. The lowest BCUT2D eigenvalue weighted by Crippen LogP contribution is -2.40. The lowest BCUT2D eigenvalue weighted by Gasteiger charge is -2.21. The topological polar surface area (TPSA) is 55.4 Å². The standard InChI is InChI=1S/C13H21NO3S/c1-9-7-11(17-6)12(8-10(9)2)18(15,16)14-13(3,4)5/h7-8,14H,1-6H3. The van der Waals surface area contributed by atoms with Crippen LogP contribution >= 0.6 is 0 Å². The van der Waals surface area contributed by atoms with Crippen molar-refractivity contribution in [2.75, 3.05) is 7.11 Å². The van der Waals surface area contributed by atoms with Crippen molar-refractivity contribution in [2.45, 2.75) is 45.1 Å². The lowest BCUT2D eigenvalue weighted by atomic mass is 10.1. The third-order valence-electron chi connectivity index (χ3n) is 2.51. The van der Waals surface area contributed by atoms with Crippen molar-refractivity contribution in [3.8, 4) is 5.75 Å². The zero-order valence-corrected chi connectivity index (χ0v) is 12.6. The molecule has 5 heteroatoms. The summed E-state index contributed by atoms with van der Waals surface area (Å²) in [6, 6.07) is 3.38. The molecule has 0 bridgehead atoms. The summed E-state index contributed by atoms with van der Waals surface area (Å²) in [4.78, 5) is 0.183. The number of hydrogen-bond donors (Lipinski definition) is 1. The first-order valence-corrected chi connectivity index (χ1v) is 7.24. The van der Waals surface area contributed by atoms with Gasteiger partial charge in [0.2, 0.25) is 10.0 Å². The van der Waals surface area contributed by atoms with E-state index in [1.165, 1.54) is 7.11 Å². The van der Waals surface area contributed by atoms with E-state index in [0.717, 1.165) is 11.1 Å². The third-order valence-corrected chi connectivity index (χ3v) is 4.29. The first kappa shape index (κ1) is 15.0. The summed E-state index contributed by atoms with van der Waals surface area (Å²) in [6.07, 6.45) is 0. The van der Waals surface area contributed by atoms with Gasteiger partial charge in [0.15, 0.2) is 0 Å². The number of sulfonamides is 1. The van der Waals surface area contributed by atoms with Crippen LogP contribution in [0.4, 0.5) is 0 Å². The van der Waals surface area contributed by atoms with Crippen LogP contribution in [0.15, 0.2) is 17.0 Å². The van der Waals surface area contributed by atoms with Gasteiger partial charge < -0.3 is 4.74 Å². The number of aryl methyl sites for hydroxylation is 2. The molecular formula is C13H21NO3S. The van der Waals surface area contributed by atoms with Crippen LogP contribution in [0.5, 0.6) is 5.75 Å². The molecule has 0 atom stereocenters. The molecule has 18 heavy (non-hydrogen) atoms. The summed E-state index contributed by atoms with van der Waals surface area (Å²) < 4.78 is 32.4. The smallest absolute Gasteiger partial charge is 0.244 e. The fraction of sp³-hybridized carbons (Fsp3) is 0.538. The summed E-state index contributed by atoms with van der Waals surface area (Å²) in [6.45, 7) is 9.21. The predicted octanol–water partition coefficient (Wildman–Crippen LogP) is 2.39. The number of nitrogens with one attached hydrogen (secondary N) is 1. The SMILES string of the molecule is COc1cc(C)c(C)cc1S(=O)(=O)NC(C)(C)C. The third kappa shape index (κ3) is 3.46. The van der Waals surface area contributed by atoms with Crippen molar-refractivity contribution in [1.29, 1.82) is 0 Å². The molecule has 0 heterocycles. The Morgan fingerprint density at radius 3 is 2.06 bits per heavy atom. The molecule has 0 spiro atoms. The minimum absolute atomic E-state index is 0.183. The molecule has 0 saturated carbocycles. The molecule has 0 aliphatic carbocycles. The van der Waals surface area contributed by atoms with Crippen LogP contribution in [0.25, 0.3) is 0 Å². The van der Waals surface area contributed by atoms with Gasteiger partial charge in [0.05, 0.1) is 7.11 Å². The zero-order valence-electron chi connectivity index (χ0n) is 11.8. The van der Waals surface area contributed by atoms with Crippen LogP contribution in [0.3, 0.4) is 0 Å². The quantitative estimate of drug-likeness (QED) is 0.918. The van der Waals surface area contributed by atoms with Gasteiger partial charge in [0, 0.05) is 5.54 Å². The van der Waals surface area contributed by atoms with Gasteiger partial charge in [-0.15, -0.1) is 0 Å². The van der Waals surface area contributed by atoms with E-state index in [0.29, 0.717) is 5.75 Å². The number of benzene rings is 1. The maximum Gasteiger partial charge on any atom is 0.244 e. The lowest BCUT2D eigenvalue weighted by molar-refractivity contribution is 0.400. The van der Waals surface area contributed by atoms with E-state index in [1.54, 1.807) is 32.9 Å². The first-order valence-electron chi connectivity index (χ1n) is 5.76. The van der Waals surface area contributed by atoms with Gasteiger partial charge in [-0.25, -0.2) is 13.1 Å². The van der Waals surface area contributed by atoms with Crippen molar-refractivity contribution in [3.05, 3.63) is 23.3 Å². The molecule has 0 unspecified atom stereocenters. The molecule has 0 aromatic heterocycles. The minimum Gasteiger partial charge on any atom is -0.495 e. The number of rotatable bonds is 3. The molecule has 1 aromatic rings. The van der Waals surface area contributed by atoms with Gasteiger partial charge in [-0.05, 0) is 57.9 Å². The van der Waals surface area contributed by atoms with Gasteiger partial charge in [0.1, 0.15) is 10.6 Å². The van der Waals surface area contributed by atoms with Gasteiger partial charge in [-0.2, -0.15) is 0 Å². The Bertz CT molecular complexity index is 542. The maximum atomic E-state index is 12.3. The predicted molar refractivity (Wildman–Crippen MR) is 72.5 cm³/mol. The minimum atomic E-state index is -3.57. The Hall–Kier alpha value is -1.07. The molecule has 0 radical (unpaired) electrons. The second-order valence-electron chi connectivity index (χ2n) is 5.44. The van der Waals surface area contributed by atoms with Crippen molar-refractivity contribution in [2.24, 2.45) is 0 Å². The van der Waals surface area contributed by atoms with Crippen LogP contribution in [0.2, 0.25) is 0 Å². The van der Waals surface area contributed by atoms with Crippen molar-refractivity contribution >= 4 is 10.0 Å². The Morgan fingerprint density at radius 1 is 1.11 bits per heavy atom. The van der Waals surface area contributed by atoms with E-state index >= 15 is 0 Å². The highest BCUT2D eigenvalue weighted by molar-refractivity contribution is 7.89. The average Bonchev–Trinajstić information content (AvgIpc) is 2.17. The van der Waals surface area contributed by atoms with Gasteiger partial charge in [0.25, 0.3) is 0 Å². The first-order chi connectivity index (χ1) is 8.07. The highest BCUT2D eigenvalue weighted by Crippen LogP contribution is 2.27. The van der Waals surface area contributed by atoms with Gasteiger partial charge in [-0.3, -0.25) is 0 Å². The van der Waals surface area contributed by atoms with Crippen LogP contribution in [-0.4, -0.2) is 21.1 Å². The molecule has 1 aromatic carbocycles. The van der Waals surface area contributed by atoms with Crippen LogP contribution in [-0.2, 0) is 10.0 Å². The normalized spacial score (nSPS) is 12.6. The Balaban J connectivity index is 3.36. The van der Waals surface area contributed by atoms with Crippen molar-refractivity contribution in [1.82, 2.24) is 4.72 Å². The molecule has 0 amide bonds. The van der Waals surface area contributed by atoms with E-state index in [2.05, 4.69) is 4.72 Å². The van der Waals surface area contributed by atoms with Crippen LogP contribution < -0.4 is 9.46 Å². The van der Waals surface area contributed by atoms with Crippen LogP contribution in [0.1, 0.15) is 31.9 Å². The molecule has 0 saturated heterocycles. The molecule has 102 valence electrons. The molecule has 1 N–H and O–H groups in total. The monoisotopic (exact) mass is 271 g/mol. The second kappa shape index (κ2) is 4.90. The fourth-order valence-electron chi connectivity index (χ4n) is 1.59. The molecule has 4 nitrogen and oxygen atoms in total. The van der Waals surface area contributed by atoms with Crippen molar-refractivity contribution in [3.63, 3.8) is 0 Å². The van der Waals surface area contributed by atoms with E-state index in [9.17, 15) is 8.42 Å². The molecule has 1 rings (SSSR count). The van der Waals surface area contributed by atoms with E-state index in [1.807, 2.05) is 13.8 Å². The Kier molecular flexibility index (Phi) is 4.08. The average molecular weight is 271 g/mol. The number of hydrogen-bond acceptors (Lipinski definition) is 3. The summed E-state index contributed by atoms with van der Waals surface area (Å²) in [5.74, 6) is 0.370. The van der Waals surface area contributed by atoms with Gasteiger partial charge in [-0.1, -0.05) is 0 Å². The van der Waals surface area contributed by atoms with E-state index in [-0.39, 0.29) is 4.90 Å². The largest absolute Gasteiger partial charge is 0.495 e. The molecular weight excluding hydrogens is 250 g/mol. The number of methoxy groups -OCH3 is 1. The van der Waals surface area contributed by atoms with E-state index < -0.39 is 15.6 Å². The highest BCUT2D eigenvalue weighted by Gasteiger charge is 2.25. The van der Waals surface area contributed by atoms with Crippen LogP contribution in [0, 0.1) is 13.8 Å². The summed E-state index contributed by atoms with van der Waals surface area (Å²) in [7, 11) is -2.10. The molecule has 0 aliphatic rings. The zero-order chi connectivity index (χ0) is 14.1. The summed E-state index contributed by atoms with van der Waals surface area (Å²) in [5.41, 5.74) is 1.40. The summed E-state index contributed by atoms with van der Waals surface area (Å²) in [5, 5.41) is 0. The van der Waals surface area contributed by atoms with Gasteiger partial charge >= 0.3 is 0 Å². The Morgan fingerprint density at radius 2 is 1.61 bits per heavy atom. The molecule has 0 aliphatic heterocycles. The maximum absolute atomic E-state index is 12.3.